The van der Waals surface area contributed by atoms with Gasteiger partial charge >= 0.3 is 0 Å². The lowest BCUT2D eigenvalue weighted by Crippen LogP contribution is -1.97. The molecule has 3 rings (SSSR count). The van der Waals surface area contributed by atoms with Gasteiger partial charge in [-0.1, -0.05) is 11.6 Å². The van der Waals surface area contributed by atoms with Crippen LogP contribution < -0.4 is 9.47 Å². The molecule has 0 saturated carbocycles. The van der Waals surface area contributed by atoms with Gasteiger partial charge in [-0.25, -0.2) is 0 Å². The lowest BCUT2D eigenvalue weighted by Gasteiger charge is -2.14. The summed E-state index contributed by atoms with van der Waals surface area (Å²) < 4.78 is 16.8. The van der Waals surface area contributed by atoms with Gasteiger partial charge in [0.15, 0.2) is 11.5 Å². The molecule has 0 fully saturated rings. The average Bonchev–Trinajstić information content (AvgIpc) is 2.73. The number of benzene rings is 1. The number of alkyl halides is 1. The van der Waals surface area contributed by atoms with E-state index in [-0.39, 0.29) is 0 Å². The third-order valence-corrected chi connectivity index (χ3v) is 3.93. The number of hydrogen-bond acceptors (Lipinski definition) is 3. The molecular weight excluding hydrogens is 299 g/mol. The van der Waals surface area contributed by atoms with Crippen LogP contribution in [-0.2, 0) is 0 Å². The summed E-state index contributed by atoms with van der Waals surface area (Å²) in [5.41, 5.74) is 0.756. The fraction of sp³-hybridized carbons (Fsp3) is 0.333. The molecule has 1 aromatic carbocycles. The Bertz CT molecular complexity index is 622. The molecule has 1 aliphatic heterocycles. The fourth-order valence-corrected chi connectivity index (χ4v) is 2.75. The Labute approximate surface area is 127 Å². The number of furan rings is 1. The summed E-state index contributed by atoms with van der Waals surface area (Å²) in [6.45, 7) is 3.13. The lowest BCUT2D eigenvalue weighted by molar-refractivity contribution is 0.297. The van der Waals surface area contributed by atoms with Crippen LogP contribution in [0.5, 0.6) is 11.5 Å². The third-order valence-electron chi connectivity index (χ3n) is 3.15. The first-order valence-corrected chi connectivity index (χ1v) is 7.26. The van der Waals surface area contributed by atoms with Crippen LogP contribution in [0.25, 0.3) is 0 Å². The van der Waals surface area contributed by atoms with Crippen LogP contribution >= 0.6 is 23.2 Å². The number of halogens is 2. The maximum Gasteiger partial charge on any atom is 0.162 e. The molecule has 1 aromatic heterocycles. The highest BCUT2D eigenvalue weighted by Gasteiger charge is 2.21. The highest BCUT2D eigenvalue weighted by molar-refractivity contribution is 6.33. The van der Waals surface area contributed by atoms with E-state index < -0.39 is 5.38 Å². The quantitative estimate of drug-likeness (QED) is 0.751. The third kappa shape index (κ3) is 2.60. The van der Waals surface area contributed by atoms with Crippen molar-refractivity contribution in [2.75, 3.05) is 13.2 Å². The highest BCUT2D eigenvalue weighted by Crippen LogP contribution is 2.41. The molecule has 3 nitrogen and oxygen atoms in total. The summed E-state index contributed by atoms with van der Waals surface area (Å²) in [5, 5.41) is 0.0941. The minimum atomic E-state index is -0.451. The van der Waals surface area contributed by atoms with Crippen LogP contribution in [0.4, 0.5) is 0 Å². The second kappa shape index (κ2) is 5.58. The normalized spacial score (nSPS) is 15.8. The highest BCUT2D eigenvalue weighted by atomic mass is 35.5. The number of aryl methyl sites for hydroxylation is 1. The predicted octanol–water partition coefficient (Wildman–Crippen LogP) is 4.73. The van der Waals surface area contributed by atoms with E-state index in [1.54, 1.807) is 6.07 Å². The van der Waals surface area contributed by atoms with Crippen molar-refractivity contribution in [3.8, 4) is 11.5 Å². The van der Waals surface area contributed by atoms with Gasteiger partial charge < -0.3 is 13.9 Å². The Morgan fingerprint density at radius 1 is 1.10 bits per heavy atom. The summed E-state index contributed by atoms with van der Waals surface area (Å²) in [4.78, 5) is 0. The van der Waals surface area contributed by atoms with Gasteiger partial charge in [-0.3, -0.25) is 0 Å². The maximum absolute atomic E-state index is 6.46. The van der Waals surface area contributed by atoms with Crippen LogP contribution in [0.3, 0.4) is 0 Å². The number of rotatable bonds is 2. The molecule has 0 aliphatic carbocycles. The van der Waals surface area contributed by atoms with Crippen molar-refractivity contribution in [2.45, 2.75) is 18.7 Å². The smallest absolute Gasteiger partial charge is 0.162 e. The van der Waals surface area contributed by atoms with E-state index in [2.05, 4.69) is 0 Å². The molecule has 106 valence electrons. The standard InChI is InChI=1S/C15H14Cl2O3/c1-9-3-4-12(20-9)15(17)10-7-13-14(8-11(10)16)19-6-2-5-18-13/h3-4,7-8,15H,2,5-6H2,1H3. The molecule has 5 heteroatoms. The summed E-state index contributed by atoms with van der Waals surface area (Å²) in [6, 6.07) is 7.31. The summed E-state index contributed by atoms with van der Waals surface area (Å²) in [6.07, 6.45) is 0.851. The topological polar surface area (TPSA) is 31.6 Å². The molecule has 0 saturated heterocycles. The molecule has 2 aromatic rings. The zero-order valence-electron chi connectivity index (χ0n) is 11.0. The zero-order valence-corrected chi connectivity index (χ0v) is 12.5. The molecule has 1 aliphatic rings. The van der Waals surface area contributed by atoms with Crippen LogP contribution in [0.2, 0.25) is 5.02 Å². The second-order valence-electron chi connectivity index (χ2n) is 4.68. The Balaban J connectivity index is 1.99. The number of fused-ring (bicyclic) bond motifs is 1. The van der Waals surface area contributed by atoms with Crippen molar-refractivity contribution in [1.82, 2.24) is 0 Å². The zero-order chi connectivity index (χ0) is 14.1. The van der Waals surface area contributed by atoms with Crippen molar-refractivity contribution < 1.29 is 13.9 Å². The molecule has 2 heterocycles. The number of ether oxygens (including phenoxy) is 2. The monoisotopic (exact) mass is 312 g/mol. The molecule has 0 amide bonds. The van der Waals surface area contributed by atoms with Crippen molar-refractivity contribution in [2.24, 2.45) is 0 Å². The lowest BCUT2D eigenvalue weighted by atomic mass is 10.1. The van der Waals surface area contributed by atoms with Crippen molar-refractivity contribution in [3.05, 3.63) is 46.4 Å². The van der Waals surface area contributed by atoms with Crippen LogP contribution in [0.15, 0.2) is 28.7 Å². The average molecular weight is 313 g/mol. The Morgan fingerprint density at radius 2 is 1.80 bits per heavy atom. The van der Waals surface area contributed by atoms with Crippen molar-refractivity contribution in [1.29, 1.82) is 0 Å². The van der Waals surface area contributed by atoms with E-state index in [0.717, 1.165) is 17.7 Å². The fourth-order valence-electron chi connectivity index (χ4n) is 2.14. The molecule has 0 radical (unpaired) electrons. The van der Waals surface area contributed by atoms with E-state index in [1.165, 1.54) is 0 Å². The van der Waals surface area contributed by atoms with E-state index >= 15 is 0 Å². The first-order chi connectivity index (χ1) is 9.65. The van der Waals surface area contributed by atoms with Gasteiger partial charge in [-0.05, 0) is 25.1 Å². The molecule has 0 N–H and O–H groups in total. The molecular formula is C15H14Cl2O3. The van der Waals surface area contributed by atoms with E-state index in [0.29, 0.717) is 35.5 Å². The summed E-state index contributed by atoms with van der Waals surface area (Å²) in [5.74, 6) is 2.82. The van der Waals surface area contributed by atoms with E-state index in [9.17, 15) is 0 Å². The second-order valence-corrected chi connectivity index (χ2v) is 5.53. The van der Waals surface area contributed by atoms with Crippen LogP contribution in [0.1, 0.15) is 28.9 Å². The van der Waals surface area contributed by atoms with E-state index in [1.807, 2.05) is 25.1 Å². The molecule has 1 atom stereocenters. The number of hydrogen-bond donors (Lipinski definition) is 0. The minimum absolute atomic E-state index is 0.451. The van der Waals surface area contributed by atoms with Gasteiger partial charge in [0.2, 0.25) is 0 Å². The van der Waals surface area contributed by atoms with Gasteiger partial charge in [0.1, 0.15) is 16.9 Å². The van der Waals surface area contributed by atoms with E-state index in [4.69, 9.17) is 37.1 Å². The van der Waals surface area contributed by atoms with Crippen LogP contribution in [0, 0.1) is 6.92 Å². The predicted molar refractivity (Wildman–Crippen MR) is 78.2 cm³/mol. The van der Waals surface area contributed by atoms with Gasteiger partial charge in [0.25, 0.3) is 0 Å². The molecule has 20 heavy (non-hydrogen) atoms. The maximum atomic E-state index is 6.46. The van der Waals surface area contributed by atoms with Crippen LogP contribution in [-0.4, -0.2) is 13.2 Å². The minimum Gasteiger partial charge on any atom is -0.490 e. The summed E-state index contributed by atoms with van der Waals surface area (Å²) in [7, 11) is 0. The van der Waals surface area contributed by atoms with Gasteiger partial charge in [0.05, 0.1) is 13.2 Å². The Morgan fingerprint density at radius 3 is 2.45 bits per heavy atom. The molecule has 0 bridgehead atoms. The Hall–Kier alpha value is -1.32. The first kappa shape index (κ1) is 13.7. The molecule has 0 spiro atoms. The van der Waals surface area contributed by atoms with Crippen molar-refractivity contribution >= 4 is 23.2 Å². The van der Waals surface area contributed by atoms with Crippen molar-refractivity contribution in [3.63, 3.8) is 0 Å². The first-order valence-electron chi connectivity index (χ1n) is 6.44. The van der Waals surface area contributed by atoms with Gasteiger partial charge in [0, 0.05) is 23.1 Å². The summed E-state index contributed by atoms with van der Waals surface area (Å²) >= 11 is 12.8. The largest absolute Gasteiger partial charge is 0.490 e. The molecule has 1 unspecified atom stereocenters. The van der Waals surface area contributed by atoms with Gasteiger partial charge in [-0.15, -0.1) is 11.6 Å². The Kier molecular flexibility index (Phi) is 3.81. The SMILES string of the molecule is Cc1ccc(C(Cl)c2cc3c(cc2Cl)OCCCO3)o1. The van der Waals surface area contributed by atoms with Gasteiger partial charge in [-0.2, -0.15) is 0 Å².